The molecule has 1 N–H and O–H groups in total. The van der Waals surface area contributed by atoms with Gasteiger partial charge in [0.25, 0.3) is 0 Å². The van der Waals surface area contributed by atoms with Crippen LogP contribution in [0.2, 0.25) is 0 Å². The van der Waals surface area contributed by atoms with Gasteiger partial charge < -0.3 is 19.5 Å². The highest BCUT2D eigenvalue weighted by molar-refractivity contribution is 5.82. The predicted molar refractivity (Wildman–Crippen MR) is 89.7 cm³/mol. The lowest BCUT2D eigenvalue weighted by molar-refractivity contribution is -0.133. The molecule has 1 amide bonds. The zero-order valence-corrected chi connectivity index (χ0v) is 14.6. The number of aromatic nitrogens is 3. The highest BCUT2D eigenvalue weighted by atomic mass is 16.5. The molecule has 1 atom stereocenters. The summed E-state index contributed by atoms with van der Waals surface area (Å²) in [4.78, 5) is 23.0. The molecule has 3 rings (SSSR count). The Morgan fingerprint density at radius 1 is 1.40 bits per heavy atom. The number of nitrogens with zero attached hydrogens (tertiary/aromatic N) is 4. The maximum Gasteiger partial charge on any atom is 0.246 e. The lowest BCUT2D eigenvalue weighted by Gasteiger charge is -2.23. The molecule has 0 radical (unpaired) electrons. The van der Waals surface area contributed by atoms with Crippen molar-refractivity contribution in [2.24, 2.45) is 0 Å². The second-order valence-electron chi connectivity index (χ2n) is 6.13. The molecular formula is C17H23N5O3. The smallest absolute Gasteiger partial charge is 0.246 e. The molecule has 1 saturated heterocycles. The van der Waals surface area contributed by atoms with Crippen molar-refractivity contribution in [3.63, 3.8) is 0 Å². The molecule has 8 heteroatoms. The number of hydrogen-bond donors (Lipinski definition) is 1. The van der Waals surface area contributed by atoms with Gasteiger partial charge >= 0.3 is 0 Å². The van der Waals surface area contributed by atoms with Gasteiger partial charge in [-0.2, -0.15) is 4.98 Å². The summed E-state index contributed by atoms with van der Waals surface area (Å²) in [7, 11) is 1.59. The van der Waals surface area contributed by atoms with Gasteiger partial charge in [-0.1, -0.05) is 11.2 Å². The van der Waals surface area contributed by atoms with Crippen LogP contribution in [0.25, 0.3) is 0 Å². The van der Waals surface area contributed by atoms with Crippen molar-refractivity contribution >= 4 is 5.91 Å². The number of rotatable bonds is 6. The van der Waals surface area contributed by atoms with Crippen LogP contribution in [0.3, 0.4) is 0 Å². The highest BCUT2D eigenvalue weighted by Crippen LogP contribution is 2.16. The molecule has 1 aliphatic rings. The molecule has 134 valence electrons. The molecule has 1 aliphatic heterocycles. The van der Waals surface area contributed by atoms with Gasteiger partial charge in [0.1, 0.15) is 6.54 Å². The van der Waals surface area contributed by atoms with Crippen molar-refractivity contribution < 1.29 is 14.1 Å². The molecule has 2 aromatic heterocycles. The normalized spacial score (nSPS) is 18.2. The van der Waals surface area contributed by atoms with Crippen LogP contribution in [0.1, 0.15) is 36.5 Å². The second-order valence-corrected chi connectivity index (χ2v) is 6.13. The topological polar surface area (TPSA) is 93.4 Å². The molecule has 8 nitrogen and oxygen atoms in total. The van der Waals surface area contributed by atoms with E-state index in [0.717, 1.165) is 24.8 Å². The van der Waals surface area contributed by atoms with Gasteiger partial charge in [-0.15, -0.1) is 0 Å². The molecule has 25 heavy (non-hydrogen) atoms. The summed E-state index contributed by atoms with van der Waals surface area (Å²) in [6, 6.07) is 3.54. The van der Waals surface area contributed by atoms with Crippen LogP contribution in [0, 0.1) is 6.92 Å². The molecule has 3 heterocycles. The third-order valence-electron chi connectivity index (χ3n) is 4.24. The van der Waals surface area contributed by atoms with E-state index >= 15 is 0 Å². The van der Waals surface area contributed by atoms with E-state index in [2.05, 4.69) is 20.4 Å². The minimum atomic E-state index is -0.214. The summed E-state index contributed by atoms with van der Waals surface area (Å²) < 4.78 is 10.2. The average Bonchev–Trinajstić information content (AvgIpc) is 2.96. The van der Waals surface area contributed by atoms with Crippen LogP contribution in [0.5, 0.6) is 5.88 Å². The summed E-state index contributed by atoms with van der Waals surface area (Å²) in [5, 5.41) is 7.13. The zero-order valence-electron chi connectivity index (χ0n) is 14.6. The van der Waals surface area contributed by atoms with Crippen molar-refractivity contribution in [2.45, 2.75) is 45.3 Å². The highest BCUT2D eigenvalue weighted by Gasteiger charge is 2.27. The maximum absolute atomic E-state index is 12.8. The number of nitrogens with one attached hydrogen (secondary N) is 1. The van der Waals surface area contributed by atoms with Crippen molar-refractivity contribution in [3.8, 4) is 5.88 Å². The van der Waals surface area contributed by atoms with E-state index in [4.69, 9.17) is 9.26 Å². The number of carbonyl (C=O) groups excluding carboxylic acids is 1. The molecular weight excluding hydrogens is 322 g/mol. The fraction of sp³-hybridized carbons (Fsp3) is 0.529. The zero-order chi connectivity index (χ0) is 17.6. The van der Waals surface area contributed by atoms with E-state index in [1.54, 1.807) is 25.1 Å². The minimum Gasteiger partial charge on any atom is -0.481 e. The Morgan fingerprint density at radius 3 is 2.96 bits per heavy atom. The van der Waals surface area contributed by atoms with Crippen LogP contribution >= 0.6 is 0 Å². The number of likely N-dealkylation sites (tertiary alicyclic amines) is 1. The third kappa shape index (κ3) is 4.54. The van der Waals surface area contributed by atoms with Gasteiger partial charge in [-0.05, 0) is 31.7 Å². The molecule has 0 bridgehead atoms. The van der Waals surface area contributed by atoms with E-state index in [-0.39, 0.29) is 11.9 Å². The predicted octanol–water partition coefficient (Wildman–Crippen LogP) is 1.45. The summed E-state index contributed by atoms with van der Waals surface area (Å²) in [5.41, 5.74) is 1.01. The number of methoxy groups -OCH3 is 1. The Bertz CT molecular complexity index is 701. The molecule has 2 aromatic rings. The van der Waals surface area contributed by atoms with Gasteiger partial charge in [0.05, 0.1) is 13.2 Å². The number of carbonyl (C=O) groups is 1. The van der Waals surface area contributed by atoms with Gasteiger partial charge in [0.15, 0.2) is 5.82 Å². The average molecular weight is 345 g/mol. The van der Waals surface area contributed by atoms with Gasteiger partial charge in [-0.25, -0.2) is 4.98 Å². The Morgan fingerprint density at radius 2 is 2.28 bits per heavy atom. The molecule has 1 fully saturated rings. The number of hydrogen-bond acceptors (Lipinski definition) is 7. The number of amides is 1. The fourth-order valence-corrected chi connectivity index (χ4v) is 2.90. The molecule has 0 aromatic carbocycles. The fourth-order valence-electron chi connectivity index (χ4n) is 2.90. The lowest BCUT2D eigenvalue weighted by atomic mass is 10.1. The van der Waals surface area contributed by atoms with Crippen molar-refractivity contribution in [2.75, 3.05) is 13.7 Å². The maximum atomic E-state index is 12.8. The Hall–Kier alpha value is -2.48. The molecule has 1 unspecified atom stereocenters. The number of ether oxygens (including phenoxy) is 1. The Labute approximate surface area is 146 Å². The minimum absolute atomic E-state index is 0.0785. The third-order valence-corrected chi connectivity index (χ3v) is 4.24. The van der Waals surface area contributed by atoms with Crippen LogP contribution < -0.4 is 10.1 Å². The van der Waals surface area contributed by atoms with E-state index in [0.29, 0.717) is 37.2 Å². The lowest BCUT2D eigenvalue weighted by Crippen LogP contribution is -2.44. The van der Waals surface area contributed by atoms with E-state index < -0.39 is 0 Å². The summed E-state index contributed by atoms with van der Waals surface area (Å²) in [5.74, 6) is 1.72. The molecule has 0 spiro atoms. The van der Waals surface area contributed by atoms with E-state index in [9.17, 15) is 4.79 Å². The first kappa shape index (κ1) is 17.3. The molecule has 0 saturated carbocycles. The van der Waals surface area contributed by atoms with E-state index in [1.165, 1.54) is 0 Å². The first-order chi connectivity index (χ1) is 12.2. The number of pyridine rings is 1. The monoisotopic (exact) mass is 345 g/mol. The van der Waals surface area contributed by atoms with Crippen LogP contribution in [-0.4, -0.2) is 45.6 Å². The Kier molecular flexibility index (Phi) is 5.60. The van der Waals surface area contributed by atoms with Crippen molar-refractivity contribution in [1.82, 2.24) is 25.3 Å². The van der Waals surface area contributed by atoms with Gasteiger partial charge in [0, 0.05) is 25.4 Å². The number of aryl methyl sites for hydroxylation is 1. The largest absolute Gasteiger partial charge is 0.481 e. The van der Waals surface area contributed by atoms with E-state index in [1.807, 2.05) is 12.1 Å². The second kappa shape index (κ2) is 8.06. The summed E-state index contributed by atoms with van der Waals surface area (Å²) in [6.45, 7) is 3.43. The first-order valence-corrected chi connectivity index (χ1v) is 8.46. The molecule has 0 aliphatic carbocycles. The SMILES string of the molecule is COc1ccc(CNC2CCCCN(Cc3nc(C)no3)C2=O)cn1. The van der Waals surface area contributed by atoms with Crippen molar-refractivity contribution in [1.29, 1.82) is 0 Å². The summed E-state index contributed by atoms with van der Waals surface area (Å²) in [6.07, 6.45) is 4.55. The van der Waals surface area contributed by atoms with Crippen molar-refractivity contribution in [3.05, 3.63) is 35.6 Å². The summed E-state index contributed by atoms with van der Waals surface area (Å²) >= 11 is 0. The van der Waals surface area contributed by atoms with Crippen LogP contribution in [-0.2, 0) is 17.9 Å². The first-order valence-electron chi connectivity index (χ1n) is 8.46. The van der Waals surface area contributed by atoms with Crippen LogP contribution in [0.15, 0.2) is 22.9 Å². The van der Waals surface area contributed by atoms with Gasteiger partial charge in [-0.3, -0.25) is 4.79 Å². The Balaban J connectivity index is 1.60. The quantitative estimate of drug-likeness (QED) is 0.847. The van der Waals surface area contributed by atoms with Gasteiger partial charge in [0.2, 0.25) is 17.7 Å². The van der Waals surface area contributed by atoms with Crippen LogP contribution in [0.4, 0.5) is 0 Å². The standard InChI is InChI=1S/C17H23N5O3/c1-12-20-16(25-21-12)11-22-8-4-3-5-14(17(22)23)18-9-13-6-7-15(24-2)19-10-13/h6-7,10,14,18H,3-5,8-9,11H2,1-2H3.